The van der Waals surface area contributed by atoms with Crippen LogP contribution in [-0.4, -0.2) is 19.8 Å². The smallest absolute Gasteiger partial charge is 0.286 e. The van der Waals surface area contributed by atoms with Crippen LogP contribution in [0.1, 0.15) is 0 Å². The van der Waals surface area contributed by atoms with E-state index < -0.39 is 19.8 Å². The molecule has 0 spiro atoms. The summed E-state index contributed by atoms with van der Waals surface area (Å²) < 4.78 is 46.2. The lowest BCUT2D eigenvalue weighted by molar-refractivity contribution is -0.185. The first-order valence-electron chi connectivity index (χ1n) is 2.80. The molecule has 0 heterocycles. The molecule has 15 heavy (non-hydrogen) atoms. The lowest BCUT2D eigenvalue weighted by Crippen LogP contribution is -2.47. The quantitative estimate of drug-likeness (QED) is 0.515. The third kappa shape index (κ3) is 4.30. The molecule has 0 aliphatic heterocycles. The highest BCUT2D eigenvalue weighted by Gasteiger charge is 2.62. The summed E-state index contributed by atoms with van der Waals surface area (Å²) in [5, 5.41) is -8.57. The van der Waals surface area contributed by atoms with Crippen LogP contribution in [0.15, 0.2) is 0 Å². The van der Waals surface area contributed by atoms with Crippen LogP contribution in [0.2, 0.25) is 0 Å². The minimum atomic E-state index is -4.46. The van der Waals surface area contributed by atoms with E-state index in [2.05, 4.69) is 51.1 Å². The van der Waals surface area contributed by atoms with Gasteiger partial charge in [-0.3, -0.25) is 4.74 Å². The van der Waals surface area contributed by atoms with E-state index in [4.69, 9.17) is 23.2 Å². The maximum absolute atomic E-state index is 13.0. The monoisotopic (exact) mass is 350 g/mol. The minimum Gasteiger partial charge on any atom is -0.286 e. The second kappa shape index (κ2) is 4.59. The number of ether oxygens (including phenoxy) is 1. The fourth-order valence-electron chi connectivity index (χ4n) is 0.277. The van der Waals surface area contributed by atoms with Gasteiger partial charge in [0.1, 0.15) is 0 Å². The topological polar surface area (TPSA) is 9.23 Å². The van der Waals surface area contributed by atoms with Gasteiger partial charge < -0.3 is 0 Å². The number of halogens is 10. The van der Waals surface area contributed by atoms with E-state index in [9.17, 15) is 17.6 Å². The molecule has 0 aliphatic rings. The van der Waals surface area contributed by atoms with Crippen molar-refractivity contribution in [1.82, 2.24) is 0 Å². The summed E-state index contributed by atoms with van der Waals surface area (Å²) in [6.07, 6.45) is 0. The normalized spacial score (nSPS) is 18.8. The lowest BCUT2D eigenvalue weighted by atomic mass is 10.6. The highest BCUT2D eigenvalue weighted by atomic mass is 35.5. The van der Waals surface area contributed by atoms with E-state index in [1.54, 1.807) is 0 Å². The van der Waals surface area contributed by atoms with E-state index in [1.807, 2.05) is 0 Å². The van der Waals surface area contributed by atoms with Crippen LogP contribution in [0.4, 0.5) is 17.6 Å². The van der Waals surface area contributed by atoms with Crippen LogP contribution in [0.25, 0.3) is 0 Å². The molecule has 0 bridgehead atoms. The molecule has 0 radical (unpaired) electrons. The van der Waals surface area contributed by atoms with E-state index in [0.717, 1.165) is 0 Å². The molecule has 0 saturated carbocycles. The zero-order chi connectivity index (χ0) is 12.7. The zero-order valence-electron chi connectivity index (χ0n) is 6.19. The van der Waals surface area contributed by atoms with Gasteiger partial charge in [0, 0.05) is 0 Å². The Morgan fingerprint density at radius 3 is 1.27 bits per heavy atom. The Bertz CT molecular complexity index is 208. The molecular formula is C4Cl6F4O. The number of hydrogen-bond donors (Lipinski definition) is 0. The average molecular weight is 353 g/mol. The minimum absolute atomic E-state index is 3.46. The zero-order valence-corrected chi connectivity index (χ0v) is 10.7. The summed E-state index contributed by atoms with van der Waals surface area (Å²) in [6, 6.07) is 0. The summed E-state index contributed by atoms with van der Waals surface area (Å²) in [6.45, 7) is 0. The van der Waals surface area contributed by atoms with Gasteiger partial charge in [-0.05, 0) is 23.2 Å². The highest BCUT2D eigenvalue weighted by molar-refractivity contribution is 6.53. The van der Waals surface area contributed by atoms with Crippen LogP contribution in [-0.2, 0) is 4.74 Å². The van der Waals surface area contributed by atoms with Gasteiger partial charge in [-0.15, -0.1) is 0 Å². The second-order valence-electron chi connectivity index (χ2n) is 2.13. The average Bonchev–Trinajstić information content (AvgIpc) is 1.77. The number of rotatable bonds is 4. The molecule has 0 rings (SSSR count). The molecular weight excluding hydrogens is 353 g/mol. The van der Waals surface area contributed by atoms with Gasteiger partial charge in [0.25, 0.3) is 0 Å². The van der Waals surface area contributed by atoms with Crippen LogP contribution in [0.3, 0.4) is 0 Å². The van der Waals surface area contributed by atoms with Gasteiger partial charge in [-0.25, -0.2) is 0 Å². The third-order valence-corrected chi connectivity index (χ3v) is 3.02. The van der Waals surface area contributed by atoms with Crippen molar-refractivity contribution in [3.63, 3.8) is 0 Å². The predicted molar refractivity (Wildman–Crippen MR) is 51.6 cm³/mol. The summed E-state index contributed by atoms with van der Waals surface area (Å²) in [7, 11) is 0. The largest absolute Gasteiger partial charge is 0.378 e. The molecule has 0 amide bonds. The summed E-state index contributed by atoms with van der Waals surface area (Å²) in [4.78, 5) is 0. The Hall–Kier alpha value is 1.42. The van der Waals surface area contributed by atoms with E-state index in [1.165, 1.54) is 0 Å². The van der Waals surface area contributed by atoms with Crippen LogP contribution < -0.4 is 0 Å². The van der Waals surface area contributed by atoms with E-state index in [-0.39, 0.29) is 0 Å². The molecule has 11 heteroatoms. The van der Waals surface area contributed by atoms with E-state index in [0.29, 0.717) is 0 Å². The molecule has 0 aromatic heterocycles. The van der Waals surface area contributed by atoms with Crippen molar-refractivity contribution < 1.29 is 22.3 Å². The van der Waals surface area contributed by atoms with Crippen LogP contribution >= 0.6 is 69.6 Å². The number of hydrogen-bond acceptors (Lipinski definition) is 1. The number of alkyl halides is 10. The fourth-order valence-corrected chi connectivity index (χ4v) is 0.800. The Labute approximate surface area is 111 Å². The van der Waals surface area contributed by atoms with Crippen molar-refractivity contribution in [3.05, 3.63) is 0 Å². The van der Waals surface area contributed by atoms with Crippen molar-refractivity contribution in [2.45, 2.75) is 19.8 Å². The van der Waals surface area contributed by atoms with E-state index >= 15 is 0 Å². The maximum Gasteiger partial charge on any atom is 0.378 e. The van der Waals surface area contributed by atoms with Crippen LogP contribution in [0, 0.1) is 0 Å². The van der Waals surface area contributed by atoms with Crippen molar-refractivity contribution in [2.75, 3.05) is 0 Å². The Morgan fingerprint density at radius 1 is 0.733 bits per heavy atom. The molecule has 1 atom stereocenters. The molecule has 1 nitrogen and oxygen atoms in total. The SMILES string of the molecule is FC(F)(Cl)C(Cl)(Cl)OC(F)(Cl)C(F)(Cl)Cl. The molecule has 0 saturated heterocycles. The fraction of sp³-hybridized carbons (Fsp3) is 1.00. The first kappa shape index (κ1) is 16.4. The Kier molecular flexibility index (Phi) is 5.03. The van der Waals surface area contributed by atoms with Crippen molar-refractivity contribution in [3.8, 4) is 0 Å². The van der Waals surface area contributed by atoms with Gasteiger partial charge in [-0.2, -0.15) is 17.6 Å². The van der Waals surface area contributed by atoms with Gasteiger partial charge in [-0.1, -0.05) is 46.4 Å². The molecule has 0 fully saturated rings. The van der Waals surface area contributed by atoms with Crippen LogP contribution in [0.5, 0.6) is 0 Å². The summed E-state index contributed by atoms with van der Waals surface area (Å²) >= 11 is 27.5. The standard InChI is InChI=1S/C4Cl6F4O/c5-1(6,11)4(10,14)15-2(7,8)3(9,12)13. The maximum atomic E-state index is 13.0. The molecule has 0 aromatic rings. The van der Waals surface area contributed by atoms with Gasteiger partial charge >= 0.3 is 19.8 Å². The first-order chi connectivity index (χ1) is 6.21. The molecule has 0 N–H and O–H groups in total. The lowest BCUT2D eigenvalue weighted by Gasteiger charge is -2.32. The molecule has 0 aromatic carbocycles. The molecule has 0 aliphatic carbocycles. The Balaban J connectivity index is 4.89. The van der Waals surface area contributed by atoms with Gasteiger partial charge in [0.2, 0.25) is 0 Å². The first-order valence-corrected chi connectivity index (χ1v) is 5.07. The Morgan fingerprint density at radius 2 is 1.07 bits per heavy atom. The summed E-state index contributed by atoms with van der Waals surface area (Å²) in [5.41, 5.74) is 0. The summed E-state index contributed by atoms with van der Waals surface area (Å²) in [5.74, 6) is 0. The van der Waals surface area contributed by atoms with Gasteiger partial charge in [0.05, 0.1) is 0 Å². The van der Waals surface area contributed by atoms with Crippen molar-refractivity contribution in [2.24, 2.45) is 0 Å². The van der Waals surface area contributed by atoms with Crippen molar-refractivity contribution >= 4 is 69.6 Å². The van der Waals surface area contributed by atoms with Crippen molar-refractivity contribution in [1.29, 1.82) is 0 Å². The second-order valence-corrected chi connectivity index (χ2v) is 5.59. The predicted octanol–water partition coefficient (Wildman–Crippen LogP) is 4.93. The molecule has 92 valence electrons. The third-order valence-electron chi connectivity index (χ3n) is 0.916. The molecule has 1 unspecified atom stereocenters. The van der Waals surface area contributed by atoms with Gasteiger partial charge in [0.15, 0.2) is 0 Å². The highest BCUT2D eigenvalue weighted by Crippen LogP contribution is 2.51.